The third-order valence-corrected chi connectivity index (χ3v) is 10.6. The van der Waals surface area contributed by atoms with Crippen LogP contribution in [-0.4, -0.2) is 4.98 Å². The van der Waals surface area contributed by atoms with Crippen molar-refractivity contribution in [2.75, 3.05) is 4.90 Å². The summed E-state index contributed by atoms with van der Waals surface area (Å²) in [6.45, 7) is 12.9. The Morgan fingerprint density at radius 3 is 2.20 bits per heavy atom. The van der Waals surface area contributed by atoms with E-state index < -0.39 is 0 Å². The van der Waals surface area contributed by atoms with Gasteiger partial charge in [0.15, 0.2) is 0 Å². The van der Waals surface area contributed by atoms with E-state index in [1.807, 2.05) is 18.2 Å². The van der Waals surface area contributed by atoms with Gasteiger partial charge in [0.25, 0.3) is 0 Å². The highest BCUT2D eigenvalue weighted by Crippen LogP contribution is 2.51. The van der Waals surface area contributed by atoms with Crippen LogP contribution in [0.15, 0.2) is 120 Å². The lowest BCUT2D eigenvalue weighted by Gasteiger charge is -2.42. The van der Waals surface area contributed by atoms with Crippen LogP contribution in [0.3, 0.4) is 0 Å². The molecule has 3 aliphatic rings. The highest BCUT2D eigenvalue weighted by molar-refractivity contribution is 7.19. The summed E-state index contributed by atoms with van der Waals surface area (Å²) in [5, 5.41) is 0.828. The number of para-hydroxylation sites is 3. The number of hydrogen-bond acceptors (Lipinski definition) is 3. The van der Waals surface area contributed by atoms with Gasteiger partial charge in [-0.1, -0.05) is 98.8 Å². The van der Waals surface area contributed by atoms with Crippen molar-refractivity contribution in [3.05, 3.63) is 153 Å². The summed E-state index contributed by atoms with van der Waals surface area (Å²) in [6, 6.07) is 34.4. The van der Waals surface area contributed by atoms with Crippen molar-refractivity contribution in [2.24, 2.45) is 11.3 Å². The van der Waals surface area contributed by atoms with Gasteiger partial charge >= 0.3 is 0 Å². The molecule has 1 atom stereocenters. The molecule has 4 aromatic carbocycles. The fourth-order valence-corrected chi connectivity index (χ4v) is 8.37. The molecule has 3 nitrogen and oxygen atoms in total. The van der Waals surface area contributed by atoms with Crippen LogP contribution in [0.4, 0.5) is 17.1 Å². The van der Waals surface area contributed by atoms with Crippen LogP contribution < -0.4 is 4.90 Å². The molecule has 1 aromatic heterocycles. The Morgan fingerprint density at radius 1 is 0.844 bits per heavy atom. The lowest BCUT2D eigenvalue weighted by atomic mass is 9.62. The van der Waals surface area contributed by atoms with E-state index in [-0.39, 0.29) is 5.41 Å². The van der Waals surface area contributed by atoms with E-state index in [4.69, 9.17) is 11.6 Å². The Balaban J connectivity index is 1.17. The summed E-state index contributed by atoms with van der Waals surface area (Å²) in [4.78, 5) is 11.3. The number of fused-ring (bicyclic) bond motifs is 4. The van der Waals surface area contributed by atoms with Gasteiger partial charge < -0.3 is 4.90 Å². The van der Waals surface area contributed by atoms with Crippen LogP contribution in [0.2, 0.25) is 0 Å². The number of allylic oxidation sites excluding steroid dienone is 5. The van der Waals surface area contributed by atoms with Gasteiger partial charge in [-0.15, -0.1) is 11.3 Å². The van der Waals surface area contributed by atoms with Crippen LogP contribution in [-0.2, 0) is 0 Å². The molecular formula is C41H33N3S. The van der Waals surface area contributed by atoms with Crippen LogP contribution in [0.1, 0.15) is 54.8 Å². The lowest BCUT2D eigenvalue weighted by molar-refractivity contribution is 0.228. The van der Waals surface area contributed by atoms with Gasteiger partial charge in [0, 0.05) is 5.69 Å². The second kappa shape index (κ2) is 10.9. The molecule has 0 bridgehead atoms. The zero-order valence-electron chi connectivity index (χ0n) is 25.5. The van der Waals surface area contributed by atoms with E-state index in [0.717, 1.165) is 45.7 Å². The number of thiazole rings is 1. The number of benzene rings is 4. The molecule has 0 saturated heterocycles. The molecule has 0 N–H and O–H groups in total. The van der Waals surface area contributed by atoms with E-state index >= 15 is 0 Å². The van der Waals surface area contributed by atoms with Gasteiger partial charge in [-0.25, -0.2) is 9.83 Å². The first-order valence-corrected chi connectivity index (χ1v) is 16.5. The van der Waals surface area contributed by atoms with Crippen molar-refractivity contribution in [3.63, 3.8) is 0 Å². The predicted octanol–water partition coefficient (Wildman–Crippen LogP) is 11.7. The number of anilines is 3. The van der Waals surface area contributed by atoms with Crippen molar-refractivity contribution in [1.29, 1.82) is 0 Å². The quantitative estimate of drug-likeness (QED) is 0.189. The minimum Gasteiger partial charge on any atom is -0.309 e. The van der Waals surface area contributed by atoms with Crippen molar-refractivity contribution >= 4 is 62.0 Å². The Morgan fingerprint density at radius 2 is 1.51 bits per heavy atom. The minimum atomic E-state index is 0.0690. The molecule has 0 amide bonds. The van der Waals surface area contributed by atoms with Gasteiger partial charge in [-0.2, -0.15) is 0 Å². The maximum atomic E-state index is 8.13. The second-order valence-electron chi connectivity index (χ2n) is 12.9. The molecule has 0 fully saturated rings. The Labute approximate surface area is 269 Å². The topological polar surface area (TPSA) is 20.5 Å². The number of hydrogen-bond donors (Lipinski definition) is 0. The average molecular weight is 600 g/mol. The van der Waals surface area contributed by atoms with Crippen molar-refractivity contribution in [2.45, 2.75) is 33.1 Å². The zero-order chi connectivity index (χ0) is 30.5. The summed E-state index contributed by atoms with van der Waals surface area (Å²) in [5.41, 5.74) is 12.7. The summed E-state index contributed by atoms with van der Waals surface area (Å²) in [7, 11) is 0. The molecule has 45 heavy (non-hydrogen) atoms. The van der Waals surface area contributed by atoms with Gasteiger partial charge in [0.2, 0.25) is 5.70 Å². The number of rotatable bonds is 3. The first-order chi connectivity index (χ1) is 22.0. The van der Waals surface area contributed by atoms with Gasteiger partial charge in [0.1, 0.15) is 5.01 Å². The molecule has 0 radical (unpaired) electrons. The van der Waals surface area contributed by atoms with E-state index in [0.29, 0.717) is 11.6 Å². The van der Waals surface area contributed by atoms with Gasteiger partial charge in [-0.3, -0.25) is 0 Å². The average Bonchev–Trinajstić information content (AvgIpc) is 3.41. The molecule has 0 spiro atoms. The molecule has 8 rings (SSSR count). The first-order valence-electron chi connectivity index (χ1n) is 15.6. The molecule has 2 aliphatic carbocycles. The van der Waals surface area contributed by atoms with Gasteiger partial charge in [0.05, 0.1) is 28.2 Å². The summed E-state index contributed by atoms with van der Waals surface area (Å²) < 4.78 is 1.13. The SMILES string of the molecule is [C-]#[N+]/C(=C1\C=C2C=C(c3ccc(N4c5ccccc5C=Cc5ccccc54)cc3)CCC2C(C)(C)C1)c1nc2ccccc2s1. The molecule has 0 saturated carbocycles. The van der Waals surface area contributed by atoms with Crippen LogP contribution in [0.25, 0.3) is 38.5 Å². The molecule has 5 aromatic rings. The zero-order valence-corrected chi connectivity index (χ0v) is 26.3. The Hall–Kier alpha value is -4.98. The lowest BCUT2D eigenvalue weighted by Crippen LogP contribution is -2.31. The highest BCUT2D eigenvalue weighted by Gasteiger charge is 2.38. The molecule has 218 valence electrons. The molecule has 4 heteroatoms. The molecule has 2 heterocycles. The highest BCUT2D eigenvalue weighted by atomic mass is 32.1. The predicted molar refractivity (Wildman–Crippen MR) is 190 cm³/mol. The first kappa shape index (κ1) is 27.6. The van der Waals surface area contributed by atoms with Crippen LogP contribution >= 0.6 is 11.3 Å². The third kappa shape index (κ3) is 4.85. The summed E-state index contributed by atoms with van der Waals surface area (Å²) >= 11 is 1.62. The summed E-state index contributed by atoms with van der Waals surface area (Å²) in [5.74, 6) is 0.476. The monoisotopic (exact) mass is 599 g/mol. The summed E-state index contributed by atoms with van der Waals surface area (Å²) in [6.07, 6.45) is 12.2. The Kier molecular flexibility index (Phi) is 6.66. The smallest absolute Gasteiger partial charge is 0.225 e. The number of nitrogens with zero attached hydrogens (tertiary/aromatic N) is 3. The molecule has 1 aliphatic heterocycles. The third-order valence-electron chi connectivity index (χ3n) is 9.58. The van der Waals surface area contributed by atoms with Crippen LogP contribution in [0.5, 0.6) is 0 Å². The fraction of sp³-hybridized carbons (Fsp3) is 0.171. The largest absolute Gasteiger partial charge is 0.309 e. The van der Waals surface area contributed by atoms with E-state index in [2.05, 4.69) is 127 Å². The maximum Gasteiger partial charge on any atom is 0.225 e. The van der Waals surface area contributed by atoms with E-state index in [9.17, 15) is 0 Å². The van der Waals surface area contributed by atoms with E-state index in [1.54, 1.807) is 11.3 Å². The normalized spacial score (nSPS) is 19.4. The van der Waals surface area contributed by atoms with Crippen molar-refractivity contribution in [3.8, 4) is 0 Å². The van der Waals surface area contributed by atoms with Crippen molar-refractivity contribution < 1.29 is 0 Å². The van der Waals surface area contributed by atoms with Gasteiger partial charge in [-0.05, 0) is 100 Å². The maximum absolute atomic E-state index is 8.13. The number of aromatic nitrogens is 1. The minimum absolute atomic E-state index is 0.0690. The second-order valence-corrected chi connectivity index (χ2v) is 13.9. The molecule has 1 unspecified atom stereocenters. The fourth-order valence-electron chi connectivity index (χ4n) is 7.38. The Bertz CT molecular complexity index is 2050. The van der Waals surface area contributed by atoms with Crippen LogP contribution in [0, 0.1) is 17.9 Å². The standard InChI is InChI=1S/C41H33N3S/c1-41(2)26-32(39(42-3)40-43-35-12-6-9-15-38(35)45-40)25-31-24-30(20-23-34(31)41)27-18-21-33(22-19-27)44-36-13-7-4-10-28(36)16-17-29-11-5-8-14-37(29)44/h4-19,21-22,24-25,34H,20,23,26H2,1-2H3/b39-32+. The van der Waals surface area contributed by atoms with Crippen molar-refractivity contribution in [1.82, 2.24) is 4.98 Å². The molecular weight excluding hydrogens is 567 g/mol. The van der Waals surface area contributed by atoms with E-state index in [1.165, 1.54) is 39.2 Å².